The molecule has 0 bridgehead atoms. The molecule has 0 aromatic heterocycles. The second-order valence-corrected chi connectivity index (χ2v) is 9.53. The van der Waals surface area contributed by atoms with E-state index in [0.29, 0.717) is 31.8 Å². The number of benzene rings is 3. The first-order valence-electron chi connectivity index (χ1n) is 10.4. The summed E-state index contributed by atoms with van der Waals surface area (Å²) in [4.78, 5) is 25.0. The average Bonchev–Trinajstić information content (AvgIpc) is 2.80. The number of esters is 1. The van der Waals surface area contributed by atoms with Crippen LogP contribution >= 0.6 is 31.9 Å². The fourth-order valence-electron chi connectivity index (χ4n) is 3.38. The van der Waals surface area contributed by atoms with Crippen molar-refractivity contribution >= 4 is 43.6 Å². The summed E-state index contributed by atoms with van der Waals surface area (Å²) in [6.07, 6.45) is 0.0995. The van der Waals surface area contributed by atoms with Crippen molar-refractivity contribution in [3.8, 4) is 17.2 Å². The number of ketones is 1. The van der Waals surface area contributed by atoms with Gasteiger partial charge in [-0.3, -0.25) is 9.59 Å². The van der Waals surface area contributed by atoms with Crippen LogP contribution in [0.4, 0.5) is 4.39 Å². The molecule has 0 aliphatic carbocycles. The molecule has 8 heteroatoms. The van der Waals surface area contributed by atoms with E-state index in [4.69, 9.17) is 14.2 Å². The van der Waals surface area contributed by atoms with Gasteiger partial charge in [0.2, 0.25) is 0 Å². The van der Waals surface area contributed by atoms with Crippen LogP contribution in [0.3, 0.4) is 0 Å². The van der Waals surface area contributed by atoms with Crippen LogP contribution in [-0.4, -0.2) is 26.0 Å². The van der Waals surface area contributed by atoms with Crippen molar-refractivity contribution in [2.45, 2.75) is 26.2 Å². The van der Waals surface area contributed by atoms with E-state index in [1.807, 2.05) is 13.8 Å². The average molecular weight is 594 g/mol. The predicted octanol–water partition coefficient (Wildman–Crippen LogP) is 7.22. The molecule has 3 aromatic rings. The maximum atomic E-state index is 13.4. The summed E-state index contributed by atoms with van der Waals surface area (Å²) < 4.78 is 31.1. The lowest BCUT2D eigenvalue weighted by atomic mass is 9.95. The Kier molecular flexibility index (Phi) is 8.49. The Morgan fingerprint density at radius 3 is 2.09 bits per heavy atom. The van der Waals surface area contributed by atoms with Gasteiger partial charge in [0, 0.05) is 11.1 Å². The number of carbonyl (C=O) groups excluding carboxylic acids is 2. The molecule has 0 aliphatic rings. The quantitative estimate of drug-likeness (QED) is 0.204. The third kappa shape index (κ3) is 5.85. The van der Waals surface area contributed by atoms with Crippen LogP contribution in [0.15, 0.2) is 57.5 Å². The molecule has 0 atom stereocenters. The number of carbonyl (C=O) groups is 2. The number of hydrogen-bond donors (Lipinski definition) is 0. The number of ether oxygens (including phenoxy) is 3. The fourth-order valence-corrected chi connectivity index (χ4v) is 4.83. The third-order valence-electron chi connectivity index (χ3n) is 5.15. The van der Waals surface area contributed by atoms with Crippen LogP contribution in [-0.2, 0) is 16.0 Å². The van der Waals surface area contributed by atoms with E-state index in [1.165, 1.54) is 31.4 Å². The van der Waals surface area contributed by atoms with Crippen molar-refractivity contribution in [1.82, 2.24) is 0 Å². The highest BCUT2D eigenvalue weighted by Crippen LogP contribution is 2.42. The summed E-state index contributed by atoms with van der Waals surface area (Å²) >= 11 is 7.00. The Morgan fingerprint density at radius 1 is 0.941 bits per heavy atom. The second-order valence-electron chi connectivity index (χ2n) is 7.82. The molecule has 3 aromatic carbocycles. The summed E-state index contributed by atoms with van der Waals surface area (Å²) in [7, 11) is 2.88. The molecule has 0 saturated carbocycles. The molecular weight excluding hydrogens is 571 g/mol. The Morgan fingerprint density at radius 2 is 1.56 bits per heavy atom. The molecule has 34 heavy (non-hydrogen) atoms. The first-order valence-corrected chi connectivity index (χ1v) is 12.0. The van der Waals surface area contributed by atoms with Crippen LogP contribution in [0, 0.1) is 5.82 Å². The summed E-state index contributed by atoms with van der Waals surface area (Å²) in [6.45, 7) is 4.02. The second kappa shape index (κ2) is 11.1. The lowest BCUT2D eigenvalue weighted by Gasteiger charge is -2.19. The zero-order chi connectivity index (χ0) is 25.0. The van der Waals surface area contributed by atoms with Crippen LogP contribution < -0.4 is 9.47 Å². The minimum Gasteiger partial charge on any atom is -0.496 e. The Bertz CT molecular complexity index is 1200. The van der Waals surface area contributed by atoms with E-state index >= 15 is 0 Å². The maximum absolute atomic E-state index is 13.4. The minimum absolute atomic E-state index is 0.0987. The van der Waals surface area contributed by atoms with Crippen molar-refractivity contribution in [2.75, 3.05) is 14.2 Å². The highest BCUT2D eigenvalue weighted by molar-refractivity contribution is 9.11. The van der Waals surface area contributed by atoms with Crippen LogP contribution in [0.1, 0.15) is 46.8 Å². The summed E-state index contributed by atoms with van der Waals surface area (Å²) in [5.41, 5.74) is 2.17. The van der Waals surface area contributed by atoms with E-state index < -0.39 is 5.82 Å². The monoisotopic (exact) mass is 592 g/mol. The standard InChI is InChI=1S/C26H23Br2FO5/c1-14(2)18-12-23(34-26-20(27)9-15(10-21(26)28)11-24(30)33-4)19(13-22(18)32-3)25(31)16-5-7-17(29)8-6-16/h5-10,12-14H,11H2,1-4H3. The van der Waals surface area contributed by atoms with Gasteiger partial charge in [-0.1, -0.05) is 13.8 Å². The Hall–Kier alpha value is -2.71. The molecular formula is C26H23Br2FO5. The van der Waals surface area contributed by atoms with Gasteiger partial charge in [0.1, 0.15) is 17.3 Å². The van der Waals surface area contributed by atoms with Crippen molar-refractivity contribution in [2.24, 2.45) is 0 Å². The molecule has 0 aliphatic heterocycles. The van der Waals surface area contributed by atoms with Crippen LogP contribution in [0.25, 0.3) is 0 Å². The zero-order valence-electron chi connectivity index (χ0n) is 19.1. The van der Waals surface area contributed by atoms with Crippen molar-refractivity contribution in [3.05, 3.63) is 85.5 Å². The van der Waals surface area contributed by atoms with Gasteiger partial charge in [0.15, 0.2) is 11.5 Å². The molecule has 0 fully saturated rings. The van der Waals surface area contributed by atoms with Crippen molar-refractivity contribution in [1.29, 1.82) is 0 Å². The van der Waals surface area contributed by atoms with Gasteiger partial charge in [-0.2, -0.15) is 0 Å². The van der Waals surface area contributed by atoms with Crippen molar-refractivity contribution in [3.63, 3.8) is 0 Å². The number of methoxy groups -OCH3 is 2. The first kappa shape index (κ1) is 25.9. The lowest BCUT2D eigenvalue weighted by Crippen LogP contribution is -2.07. The minimum atomic E-state index is -0.430. The van der Waals surface area contributed by atoms with E-state index in [-0.39, 0.29) is 29.7 Å². The third-order valence-corrected chi connectivity index (χ3v) is 6.33. The molecule has 0 amide bonds. The molecule has 0 N–H and O–H groups in total. The molecule has 0 spiro atoms. The SMILES string of the molecule is COC(=O)Cc1cc(Br)c(Oc2cc(C(C)C)c(OC)cc2C(=O)c2ccc(F)cc2)c(Br)c1. The topological polar surface area (TPSA) is 61.8 Å². The maximum Gasteiger partial charge on any atom is 0.309 e. The van der Waals surface area contributed by atoms with Crippen molar-refractivity contribution < 1.29 is 28.2 Å². The molecule has 0 unspecified atom stereocenters. The van der Waals surface area contributed by atoms with E-state index in [1.54, 1.807) is 31.4 Å². The van der Waals surface area contributed by atoms with E-state index in [2.05, 4.69) is 31.9 Å². The first-order chi connectivity index (χ1) is 16.1. The van der Waals surface area contributed by atoms with Gasteiger partial charge in [-0.15, -0.1) is 0 Å². The van der Waals surface area contributed by atoms with E-state index in [0.717, 1.165) is 11.1 Å². The summed E-state index contributed by atoms with van der Waals surface area (Å²) in [5.74, 6) is 0.277. The highest BCUT2D eigenvalue weighted by Gasteiger charge is 2.22. The van der Waals surface area contributed by atoms with Gasteiger partial charge in [-0.25, -0.2) is 4.39 Å². The Labute approximate surface area is 214 Å². The smallest absolute Gasteiger partial charge is 0.309 e. The lowest BCUT2D eigenvalue weighted by molar-refractivity contribution is -0.139. The fraction of sp³-hybridized carbons (Fsp3) is 0.231. The number of halogens is 3. The molecule has 178 valence electrons. The predicted molar refractivity (Wildman–Crippen MR) is 135 cm³/mol. The van der Waals surface area contributed by atoms with Crippen LogP contribution in [0.2, 0.25) is 0 Å². The normalized spacial score (nSPS) is 10.8. The summed E-state index contributed by atoms with van der Waals surface area (Å²) in [5, 5.41) is 0. The van der Waals surface area contributed by atoms with Gasteiger partial charge in [0.05, 0.1) is 35.1 Å². The van der Waals surface area contributed by atoms with E-state index in [9.17, 15) is 14.0 Å². The van der Waals surface area contributed by atoms with Gasteiger partial charge in [0.25, 0.3) is 0 Å². The molecule has 0 heterocycles. The zero-order valence-corrected chi connectivity index (χ0v) is 22.3. The van der Waals surface area contributed by atoms with Gasteiger partial charge in [-0.05, 0) is 91.9 Å². The van der Waals surface area contributed by atoms with Crippen LogP contribution in [0.5, 0.6) is 17.2 Å². The number of hydrogen-bond acceptors (Lipinski definition) is 5. The van der Waals surface area contributed by atoms with Gasteiger partial charge >= 0.3 is 5.97 Å². The largest absolute Gasteiger partial charge is 0.496 e. The molecule has 5 nitrogen and oxygen atoms in total. The Balaban J connectivity index is 2.11. The molecule has 0 saturated heterocycles. The molecule has 0 radical (unpaired) electrons. The summed E-state index contributed by atoms with van der Waals surface area (Å²) in [6, 6.07) is 12.3. The van der Waals surface area contributed by atoms with Gasteiger partial charge < -0.3 is 14.2 Å². The number of rotatable bonds is 8. The molecule has 3 rings (SSSR count). The highest BCUT2D eigenvalue weighted by atomic mass is 79.9.